The zero-order valence-corrected chi connectivity index (χ0v) is 15.0. The quantitative estimate of drug-likeness (QED) is 0.705. The number of rotatable bonds is 5. The summed E-state index contributed by atoms with van der Waals surface area (Å²) in [5, 5.41) is 3.78. The lowest BCUT2D eigenvalue weighted by molar-refractivity contribution is -0.137. The molecule has 27 heavy (non-hydrogen) atoms. The van der Waals surface area contributed by atoms with Crippen LogP contribution in [0.2, 0.25) is 0 Å². The van der Waals surface area contributed by atoms with E-state index in [2.05, 4.69) is 15.3 Å². The van der Waals surface area contributed by atoms with Gasteiger partial charge in [0.25, 0.3) is 0 Å². The molecule has 0 bridgehead atoms. The molecule has 3 aromatic rings. The van der Waals surface area contributed by atoms with Crippen LogP contribution < -0.4 is 14.8 Å². The topological polar surface area (TPSA) is 56.3 Å². The maximum atomic E-state index is 12.9. The van der Waals surface area contributed by atoms with Gasteiger partial charge in [0.15, 0.2) is 11.5 Å². The molecular weight excluding hydrogens is 359 g/mol. The molecule has 0 spiro atoms. The molecule has 0 atom stereocenters. The normalized spacial score (nSPS) is 11.5. The summed E-state index contributed by atoms with van der Waals surface area (Å²) < 4.78 is 49.2. The van der Waals surface area contributed by atoms with E-state index in [-0.39, 0.29) is 6.54 Å². The van der Waals surface area contributed by atoms with E-state index in [9.17, 15) is 13.2 Å². The van der Waals surface area contributed by atoms with Crippen molar-refractivity contribution in [3.05, 3.63) is 53.3 Å². The molecule has 1 N–H and O–H groups in total. The van der Waals surface area contributed by atoms with E-state index >= 15 is 0 Å². The van der Waals surface area contributed by atoms with Gasteiger partial charge in [0.1, 0.15) is 11.6 Å². The summed E-state index contributed by atoms with van der Waals surface area (Å²) in [6, 6.07) is 8.65. The van der Waals surface area contributed by atoms with Crippen LogP contribution in [0.4, 0.5) is 19.0 Å². The second-order valence-electron chi connectivity index (χ2n) is 5.90. The highest BCUT2D eigenvalue weighted by Crippen LogP contribution is 2.34. The van der Waals surface area contributed by atoms with E-state index in [0.717, 1.165) is 12.1 Å². The van der Waals surface area contributed by atoms with Crippen LogP contribution in [-0.4, -0.2) is 24.2 Å². The molecule has 3 rings (SSSR count). The van der Waals surface area contributed by atoms with Gasteiger partial charge in [-0.3, -0.25) is 0 Å². The van der Waals surface area contributed by atoms with Crippen molar-refractivity contribution in [2.45, 2.75) is 19.6 Å². The van der Waals surface area contributed by atoms with Gasteiger partial charge in [0.2, 0.25) is 0 Å². The molecule has 0 aliphatic carbocycles. The average molecular weight is 377 g/mol. The third kappa shape index (κ3) is 4.05. The van der Waals surface area contributed by atoms with Crippen molar-refractivity contribution in [2.24, 2.45) is 0 Å². The van der Waals surface area contributed by atoms with Crippen molar-refractivity contribution in [1.82, 2.24) is 9.97 Å². The fraction of sp³-hybridized carbons (Fsp3) is 0.263. The van der Waals surface area contributed by atoms with Crippen molar-refractivity contribution < 1.29 is 22.6 Å². The number of methoxy groups -OCH3 is 2. The number of aromatic nitrogens is 2. The Hall–Kier alpha value is -3.03. The number of anilines is 1. The average Bonchev–Trinajstić information content (AvgIpc) is 2.64. The Morgan fingerprint density at radius 1 is 1.00 bits per heavy atom. The zero-order valence-electron chi connectivity index (χ0n) is 15.0. The molecule has 0 unspecified atom stereocenters. The fourth-order valence-corrected chi connectivity index (χ4v) is 2.75. The summed E-state index contributed by atoms with van der Waals surface area (Å²) in [5.74, 6) is 2.09. The Morgan fingerprint density at radius 3 is 2.37 bits per heavy atom. The second-order valence-corrected chi connectivity index (χ2v) is 5.90. The van der Waals surface area contributed by atoms with E-state index in [0.29, 0.717) is 39.6 Å². The minimum absolute atomic E-state index is 0.184. The Bertz CT molecular complexity index is 974. The summed E-state index contributed by atoms with van der Waals surface area (Å²) in [6.07, 6.45) is -4.38. The first-order valence-corrected chi connectivity index (χ1v) is 8.12. The van der Waals surface area contributed by atoms with Crippen molar-refractivity contribution in [2.75, 3.05) is 19.5 Å². The van der Waals surface area contributed by atoms with Crippen LogP contribution in [0.1, 0.15) is 17.0 Å². The summed E-state index contributed by atoms with van der Waals surface area (Å²) in [6.45, 7) is 1.93. The monoisotopic (exact) mass is 377 g/mol. The van der Waals surface area contributed by atoms with Gasteiger partial charge in [-0.1, -0.05) is 12.1 Å². The highest BCUT2D eigenvalue weighted by molar-refractivity contribution is 5.91. The lowest BCUT2D eigenvalue weighted by Gasteiger charge is -2.14. The molecule has 8 heteroatoms. The van der Waals surface area contributed by atoms with Crippen LogP contribution >= 0.6 is 0 Å². The van der Waals surface area contributed by atoms with Crippen molar-refractivity contribution >= 4 is 16.7 Å². The van der Waals surface area contributed by atoms with Crippen molar-refractivity contribution in [3.8, 4) is 11.5 Å². The SMILES string of the molecule is COc1cc2nc(C)nc(NCc3cccc(C(F)(F)F)c3)c2cc1OC. The molecule has 0 amide bonds. The number of nitrogens with one attached hydrogen (secondary N) is 1. The number of hydrogen-bond donors (Lipinski definition) is 1. The van der Waals surface area contributed by atoms with Crippen LogP contribution in [0.15, 0.2) is 36.4 Å². The summed E-state index contributed by atoms with van der Waals surface area (Å²) >= 11 is 0. The number of ether oxygens (including phenoxy) is 2. The van der Waals surface area contributed by atoms with Crippen LogP contribution in [0, 0.1) is 6.92 Å². The number of fused-ring (bicyclic) bond motifs is 1. The molecule has 0 saturated heterocycles. The molecule has 0 aliphatic heterocycles. The standard InChI is InChI=1S/C19H18F3N3O2/c1-11-24-15-9-17(27-3)16(26-2)8-14(15)18(25-11)23-10-12-5-4-6-13(7-12)19(20,21)22/h4-9H,10H2,1-3H3,(H,23,24,25). The zero-order chi connectivity index (χ0) is 19.6. The smallest absolute Gasteiger partial charge is 0.416 e. The first kappa shape index (κ1) is 18.8. The highest BCUT2D eigenvalue weighted by Gasteiger charge is 2.30. The molecule has 1 aromatic heterocycles. The summed E-state index contributed by atoms with van der Waals surface area (Å²) in [5.41, 5.74) is 0.457. The molecule has 142 valence electrons. The highest BCUT2D eigenvalue weighted by atomic mass is 19.4. The molecular formula is C19H18F3N3O2. The molecule has 0 radical (unpaired) electrons. The lowest BCUT2D eigenvalue weighted by Crippen LogP contribution is -2.08. The third-order valence-electron chi connectivity index (χ3n) is 4.03. The van der Waals surface area contributed by atoms with Gasteiger partial charge in [-0.05, 0) is 30.7 Å². The second kappa shape index (κ2) is 7.30. The van der Waals surface area contributed by atoms with E-state index in [1.54, 1.807) is 25.1 Å². The van der Waals surface area contributed by atoms with E-state index < -0.39 is 11.7 Å². The number of nitrogens with zero attached hydrogens (tertiary/aromatic N) is 2. The Kier molecular flexibility index (Phi) is 5.07. The number of halogens is 3. The number of aryl methyl sites for hydroxylation is 1. The molecule has 0 fully saturated rings. The van der Waals surface area contributed by atoms with E-state index in [1.165, 1.54) is 20.3 Å². The van der Waals surface area contributed by atoms with Gasteiger partial charge in [0.05, 0.1) is 25.3 Å². The number of benzene rings is 2. The van der Waals surface area contributed by atoms with Crippen molar-refractivity contribution in [1.29, 1.82) is 0 Å². The van der Waals surface area contributed by atoms with E-state index in [4.69, 9.17) is 9.47 Å². The third-order valence-corrected chi connectivity index (χ3v) is 4.03. The van der Waals surface area contributed by atoms with Crippen LogP contribution in [-0.2, 0) is 12.7 Å². The first-order valence-electron chi connectivity index (χ1n) is 8.12. The molecule has 2 aromatic carbocycles. The van der Waals surface area contributed by atoms with Crippen molar-refractivity contribution in [3.63, 3.8) is 0 Å². The van der Waals surface area contributed by atoms with E-state index in [1.807, 2.05) is 0 Å². The number of alkyl halides is 3. The minimum atomic E-state index is -4.38. The predicted molar refractivity (Wildman–Crippen MR) is 96.1 cm³/mol. The summed E-state index contributed by atoms with van der Waals surface area (Å²) in [7, 11) is 3.05. The maximum Gasteiger partial charge on any atom is 0.416 e. The Labute approximate surface area is 154 Å². The van der Waals surface area contributed by atoms with Crippen LogP contribution in [0.3, 0.4) is 0 Å². The maximum absolute atomic E-state index is 12.9. The lowest BCUT2D eigenvalue weighted by atomic mass is 10.1. The van der Waals surface area contributed by atoms with Gasteiger partial charge in [-0.15, -0.1) is 0 Å². The first-order chi connectivity index (χ1) is 12.8. The number of hydrogen-bond acceptors (Lipinski definition) is 5. The fourth-order valence-electron chi connectivity index (χ4n) is 2.75. The van der Waals surface area contributed by atoms with Gasteiger partial charge < -0.3 is 14.8 Å². The van der Waals surface area contributed by atoms with Gasteiger partial charge in [0, 0.05) is 18.0 Å². The summed E-state index contributed by atoms with van der Waals surface area (Å²) in [4.78, 5) is 8.76. The van der Waals surface area contributed by atoms with Gasteiger partial charge >= 0.3 is 6.18 Å². The molecule has 5 nitrogen and oxygen atoms in total. The largest absolute Gasteiger partial charge is 0.493 e. The Morgan fingerprint density at radius 2 is 1.70 bits per heavy atom. The van der Waals surface area contributed by atoms with Crippen LogP contribution in [0.25, 0.3) is 10.9 Å². The van der Waals surface area contributed by atoms with Gasteiger partial charge in [-0.2, -0.15) is 13.2 Å². The molecule has 0 aliphatic rings. The minimum Gasteiger partial charge on any atom is -0.493 e. The van der Waals surface area contributed by atoms with Gasteiger partial charge in [-0.25, -0.2) is 9.97 Å². The predicted octanol–water partition coefficient (Wildman–Crippen LogP) is 4.59. The van der Waals surface area contributed by atoms with Crippen LogP contribution in [0.5, 0.6) is 11.5 Å². The Balaban J connectivity index is 1.95. The molecule has 1 heterocycles. The molecule has 0 saturated carbocycles.